The van der Waals surface area contributed by atoms with E-state index in [9.17, 15) is 0 Å². The number of amidine groups is 1. The zero-order valence-corrected chi connectivity index (χ0v) is 10.2. The van der Waals surface area contributed by atoms with Crippen LogP contribution in [-0.4, -0.2) is 24.1 Å². The Balaban J connectivity index is 3.64. The summed E-state index contributed by atoms with van der Waals surface area (Å²) < 4.78 is 0. The Morgan fingerprint density at radius 2 is 2.07 bits per heavy atom. The summed E-state index contributed by atoms with van der Waals surface area (Å²) in [5, 5.41) is 14.5. The number of nitrogens with one attached hydrogen (secondary N) is 1. The Morgan fingerprint density at radius 3 is 2.60 bits per heavy atom. The van der Waals surface area contributed by atoms with Gasteiger partial charge < -0.3 is 16.3 Å². The van der Waals surface area contributed by atoms with Crippen LogP contribution in [0, 0.1) is 5.41 Å². The minimum absolute atomic E-state index is 0.236. The molecule has 0 aliphatic heterocycles. The van der Waals surface area contributed by atoms with E-state index >= 15 is 0 Å². The van der Waals surface area contributed by atoms with Crippen LogP contribution in [0.2, 0.25) is 0 Å². The lowest BCUT2D eigenvalue weighted by Gasteiger charge is -2.24. The fraction of sp³-hybridized carbons (Fsp3) is 0.909. The Kier molecular flexibility index (Phi) is 7.13. The summed E-state index contributed by atoms with van der Waals surface area (Å²) in [6.07, 6.45) is 5.04. The number of hydrogen-bond acceptors (Lipinski definition) is 3. The van der Waals surface area contributed by atoms with Gasteiger partial charge >= 0.3 is 0 Å². The lowest BCUT2D eigenvalue weighted by atomic mass is 9.87. The van der Waals surface area contributed by atoms with Gasteiger partial charge in [0.05, 0.1) is 6.54 Å². The standard InChI is InChI=1S/C11H25N3O/c1-4-5-6-7-11(2,3)9-13-8-10(12)14-15/h13,15H,4-9H2,1-3H3,(H2,12,14). The fourth-order valence-electron chi connectivity index (χ4n) is 1.51. The lowest BCUT2D eigenvalue weighted by molar-refractivity contribution is 0.303. The van der Waals surface area contributed by atoms with Gasteiger partial charge in [0.15, 0.2) is 5.84 Å². The molecular weight excluding hydrogens is 190 g/mol. The van der Waals surface area contributed by atoms with Crippen LogP contribution in [0.4, 0.5) is 0 Å². The molecule has 0 spiro atoms. The van der Waals surface area contributed by atoms with Crippen molar-refractivity contribution in [1.29, 1.82) is 0 Å². The minimum atomic E-state index is 0.236. The number of hydrogen-bond donors (Lipinski definition) is 3. The molecule has 15 heavy (non-hydrogen) atoms. The van der Waals surface area contributed by atoms with Gasteiger partial charge in [-0.1, -0.05) is 45.2 Å². The van der Waals surface area contributed by atoms with Gasteiger partial charge in [0, 0.05) is 6.54 Å². The van der Waals surface area contributed by atoms with Crippen molar-refractivity contribution in [2.75, 3.05) is 13.1 Å². The van der Waals surface area contributed by atoms with Crippen molar-refractivity contribution in [3.8, 4) is 0 Å². The van der Waals surface area contributed by atoms with E-state index in [0.29, 0.717) is 6.54 Å². The van der Waals surface area contributed by atoms with Crippen LogP contribution in [0.3, 0.4) is 0 Å². The second-order valence-corrected chi connectivity index (χ2v) is 4.82. The summed E-state index contributed by atoms with van der Waals surface area (Å²) in [5.74, 6) is 0.236. The number of rotatable bonds is 8. The van der Waals surface area contributed by atoms with E-state index in [1.54, 1.807) is 0 Å². The normalized spacial score (nSPS) is 13.1. The molecule has 4 nitrogen and oxygen atoms in total. The first kappa shape index (κ1) is 14.2. The molecule has 0 saturated heterocycles. The molecule has 0 aliphatic carbocycles. The van der Waals surface area contributed by atoms with Gasteiger partial charge in [-0.2, -0.15) is 0 Å². The molecule has 0 heterocycles. The third kappa shape index (κ3) is 8.24. The van der Waals surface area contributed by atoms with E-state index in [1.165, 1.54) is 25.7 Å². The third-order valence-electron chi connectivity index (χ3n) is 2.50. The first-order valence-corrected chi connectivity index (χ1v) is 5.69. The summed E-state index contributed by atoms with van der Waals surface area (Å²) in [4.78, 5) is 0. The Labute approximate surface area is 92.9 Å². The summed E-state index contributed by atoms with van der Waals surface area (Å²) >= 11 is 0. The number of oxime groups is 1. The van der Waals surface area contributed by atoms with E-state index < -0.39 is 0 Å². The topological polar surface area (TPSA) is 70.6 Å². The second-order valence-electron chi connectivity index (χ2n) is 4.82. The molecule has 4 N–H and O–H groups in total. The van der Waals surface area contributed by atoms with Crippen molar-refractivity contribution in [3.05, 3.63) is 0 Å². The monoisotopic (exact) mass is 215 g/mol. The maximum atomic E-state index is 8.36. The van der Waals surface area contributed by atoms with Crippen LogP contribution in [0.1, 0.15) is 46.5 Å². The molecule has 0 saturated carbocycles. The number of nitrogens with two attached hydrogens (primary N) is 1. The second kappa shape index (κ2) is 7.51. The summed E-state index contributed by atoms with van der Waals surface area (Å²) in [5.41, 5.74) is 5.64. The zero-order chi connectivity index (χ0) is 11.7. The van der Waals surface area contributed by atoms with Gasteiger partial charge in [0.25, 0.3) is 0 Å². The molecule has 4 heteroatoms. The molecule has 0 fully saturated rings. The first-order valence-electron chi connectivity index (χ1n) is 5.69. The molecular formula is C11H25N3O. The predicted octanol–water partition coefficient (Wildman–Crippen LogP) is 1.93. The van der Waals surface area contributed by atoms with Crippen LogP contribution in [-0.2, 0) is 0 Å². The highest BCUT2D eigenvalue weighted by molar-refractivity contribution is 5.81. The highest BCUT2D eigenvalue weighted by Crippen LogP contribution is 2.22. The Morgan fingerprint density at radius 1 is 1.40 bits per heavy atom. The smallest absolute Gasteiger partial charge is 0.153 e. The molecule has 0 unspecified atom stereocenters. The summed E-state index contributed by atoms with van der Waals surface area (Å²) in [6.45, 7) is 8.04. The zero-order valence-electron chi connectivity index (χ0n) is 10.2. The van der Waals surface area contributed by atoms with E-state index in [1.807, 2.05) is 0 Å². The minimum Gasteiger partial charge on any atom is -0.409 e. The van der Waals surface area contributed by atoms with Gasteiger partial charge in [-0.05, 0) is 11.8 Å². The first-order chi connectivity index (χ1) is 7.02. The predicted molar refractivity (Wildman–Crippen MR) is 64.2 cm³/mol. The van der Waals surface area contributed by atoms with Crippen molar-refractivity contribution >= 4 is 5.84 Å². The molecule has 0 aromatic carbocycles. The van der Waals surface area contributed by atoms with Gasteiger partial charge in [-0.3, -0.25) is 0 Å². The van der Waals surface area contributed by atoms with E-state index in [2.05, 4.69) is 31.2 Å². The molecule has 0 aromatic heterocycles. The Bertz CT molecular complexity index is 190. The van der Waals surface area contributed by atoms with Crippen LogP contribution in [0.5, 0.6) is 0 Å². The van der Waals surface area contributed by atoms with E-state index in [-0.39, 0.29) is 11.3 Å². The molecule has 90 valence electrons. The molecule has 0 atom stereocenters. The highest BCUT2D eigenvalue weighted by Gasteiger charge is 2.16. The van der Waals surface area contributed by atoms with E-state index in [4.69, 9.17) is 10.9 Å². The largest absolute Gasteiger partial charge is 0.409 e. The van der Waals surface area contributed by atoms with Crippen molar-refractivity contribution in [2.45, 2.75) is 46.5 Å². The maximum Gasteiger partial charge on any atom is 0.153 e. The summed E-state index contributed by atoms with van der Waals surface area (Å²) in [6, 6.07) is 0. The highest BCUT2D eigenvalue weighted by atomic mass is 16.4. The van der Waals surface area contributed by atoms with Crippen molar-refractivity contribution < 1.29 is 5.21 Å². The SMILES string of the molecule is CCCCCC(C)(C)CNCC(N)=NO. The molecule has 0 aliphatic rings. The molecule has 0 bridgehead atoms. The van der Waals surface area contributed by atoms with Gasteiger partial charge in [-0.25, -0.2) is 0 Å². The van der Waals surface area contributed by atoms with Crippen LogP contribution < -0.4 is 11.1 Å². The van der Waals surface area contributed by atoms with Crippen molar-refractivity contribution in [2.24, 2.45) is 16.3 Å². The van der Waals surface area contributed by atoms with E-state index in [0.717, 1.165) is 6.54 Å². The molecule has 0 aromatic rings. The van der Waals surface area contributed by atoms with Gasteiger partial charge in [-0.15, -0.1) is 0 Å². The Hall–Kier alpha value is -0.770. The van der Waals surface area contributed by atoms with Crippen LogP contribution in [0.25, 0.3) is 0 Å². The van der Waals surface area contributed by atoms with Gasteiger partial charge in [0.2, 0.25) is 0 Å². The average Bonchev–Trinajstić information content (AvgIpc) is 2.17. The van der Waals surface area contributed by atoms with Gasteiger partial charge in [0.1, 0.15) is 0 Å². The quantitative estimate of drug-likeness (QED) is 0.190. The molecule has 0 radical (unpaired) electrons. The third-order valence-corrected chi connectivity index (χ3v) is 2.50. The molecule has 0 rings (SSSR count). The lowest BCUT2D eigenvalue weighted by Crippen LogP contribution is -2.35. The van der Waals surface area contributed by atoms with Crippen molar-refractivity contribution in [1.82, 2.24) is 5.32 Å². The van der Waals surface area contributed by atoms with Crippen LogP contribution in [0.15, 0.2) is 5.16 Å². The van der Waals surface area contributed by atoms with Crippen molar-refractivity contribution in [3.63, 3.8) is 0 Å². The molecule has 0 amide bonds. The number of unbranched alkanes of at least 4 members (excludes halogenated alkanes) is 2. The fourth-order valence-corrected chi connectivity index (χ4v) is 1.51. The average molecular weight is 215 g/mol. The number of nitrogens with zero attached hydrogens (tertiary/aromatic N) is 1. The van der Waals surface area contributed by atoms with Crippen LogP contribution >= 0.6 is 0 Å². The summed E-state index contributed by atoms with van der Waals surface area (Å²) in [7, 11) is 0. The maximum absolute atomic E-state index is 8.36.